The van der Waals surface area contributed by atoms with Gasteiger partial charge < -0.3 is 14.8 Å². The minimum atomic E-state index is -0.242. The SMILES string of the molecule is COc1ccc(CCNCc2cc(Br)ccc2OCc2ccc(F)cc2)cc1.Cl. The monoisotopic (exact) mass is 479 g/mol. The molecule has 1 N–H and O–H groups in total. The van der Waals surface area contributed by atoms with Crippen molar-refractivity contribution in [3.8, 4) is 11.5 Å². The fourth-order valence-corrected chi connectivity index (χ4v) is 3.23. The van der Waals surface area contributed by atoms with Gasteiger partial charge in [0.15, 0.2) is 0 Å². The molecule has 0 unspecified atom stereocenters. The van der Waals surface area contributed by atoms with Crippen molar-refractivity contribution in [2.75, 3.05) is 13.7 Å². The molecule has 0 aliphatic carbocycles. The highest BCUT2D eigenvalue weighted by atomic mass is 79.9. The van der Waals surface area contributed by atoms with E-state index in [4.69, 9.17) is 9.47 Å². The first-order chi connectivity index (χ1) is 13.6. The maximum absolute atomic E-state index is 13.0. The molecule has 3 aromatic rings. The average molecular weight is 481 g/mol. The highest BCUT2D eigenvalue weighted by Crippen LogP contribution is 2.24. The van der Waals surface area contributed by atoms with Gasteiger partial charge >= 0.3 is 0 Å². The van der Waals surface area contributed by atoms with Crippen LogP contribution in [0.4, 0.5) is 4.39 Å². The van der Waals surface area contributed by atoms with Gasteiger partial charge in [0.1, 0.15) is 23.9 Å². The minimum absolute atomic E-state index is 0. The van der Waals surface area contributed by atoms with E-state index < -0.39 is 0 Å². The van der Waals surface area contributed by atoms with Gasteiger partial charge in [0, 0.05) is 16.6 Å². The Hall–Kier alpha value is -2.08. The van der Waals surface area contributed by atoms with E-state index in [1.807, 2.05) is 24.3 Å². The van der Waals surface area contributed by atoms with Crippen LogP contribution in [0.25, 0.3) is 0 Å². The van der Waals surface area contributed by atoms with Crippen LogP contribution in [0.2, 0.25) is 0 Å². The molecule has 3 nitrogen and oxygen atoms in total. The van der Waals surface area contributed by atoms with E-state index in [-0.39, 0.29) is 18.2 Å². The van der Waals surface area contributed by atoms with Crippen molar-refractivity contribution in [3.63, 3.8) is 0 Å². The third-order valence-electron chi connectivity index (χ3n) is 4.40. The predicted octanol–water partition coefficient (Wildman–Crippen LogP) is 5.93. The third kappa shape index (κ3) is 7.35. The summed E-state index contributed by atoms with van der Waals surface area (Å²) < 4.78 is 25.2. The van der Waals surface area contributed by atoms with E-state index in [9.17, 15) is 4.39 Å². The maximum Gasteiger partial charge on any atom is 0.124 e. The zero-order valence-electron chi connectivity index (χ0n) is 16.2. The fourth-order valence-electron chi connectivity index (χ4n) is 2.82. The first-order valence-electron chi connectivity index (χ1n) is 9.13. The van der Waals surface area contributed by atoms with Gasteiger partial charge in [-0.1, -0.05) is 40.2 Å². The molecule has 3 rings (SSSR count). The molecule has 0 radical (unpaired) electrons. The summed E-state index contributed by atoms with van der Waals surface area (Å²) in [4.78, 5) is 0. The van der Waals surface area contributed by atoms with Gasteiger partial charge in [-0.15, -0.1) is 12.4 Å². The lowest BCUT2D eigenvalue weighted by molar-refractivity contribution is 0.302. The Bertz CT molecular complexity index is 888. The molecule has 0 atom stereocenters. The van der Waals surface area contributed by atoms with E-state index in [2.05, 4.69) is 39.4 Å². The summed E-state index contributed by atoms with van der Waals surface area (Å²) in [6.07, 6.45) is 0.934. The zero-order chi connectivity index (χ0) is 19.8. The number of benzene rings is 3. The van der Waals surface area contributed by atoms with Crippen LogP contribution in [0.5, 0.6) is 11.5 Å². The summed E-state index contributed by atoms with van der Waals surface area (Å²) in [6, 6.07) is 20.4. The summed E-state index contributed by atoms with van der Waals surface area (Å²) in [7, 11) is 1.67. The van der Waals surface area contributed by atoms with Crippen molar-refractivity contribution >= 4 is 28.3 Å². The quantitative estimate of drug-likeness (QED) is 0.385. The van der Waals surface area contributed by atoms with Crippen molar-refractivity contribution in [2.45, 2.75) is 19.6 Å². The largest absolute Gasteiger partial charge is 0.497 e. The van der Waals surface area contributed by atoms with E-state index in [1.165, 1.54) is 17.7 Å². The van der Waals surface area contributed by atoms with Crippen LogP contribution >= 0.6 is 28.3 Å². The molecule has 6 heteroatoms. The lowest BCUT2D eigenvalue weighted by Gasteiger charge is -2.13. The normalized spacial score (nSPS) is 10.3. The van der Waals surface area contributed by atoms with Crippen molar-refractivity contribution in [3.05, 3.63) is 93.7 Å². The van der Waals surface area contributed by atoms with Gasteiger partial charge in [0.05, 0.1) is 7.11 Å². The number of methoxy groups -OCH3 is 1. The molecule has 0 saturated heterocycles. The Balaban J connectivity index is 0.00000300. The molecule has 154 valence electrons. The zero-order valence-corrected chi connectivity index (χ0v) is 18.6. The van der Waals surface area contributed by atoms with Crippen LogP contribution in [0.3, 0.4) is 0 Å². The van der Waals surface area contributed by atoms with Crippen LogP contribution in [0.15, 0.2) is 71.2 Å². The van der Waals surface area contributed by atoms with E-state index in [0.29, 0.717) is 13.2 Å². The van der Waals surface area contributed by atoms with Crippen LogP contribution in [0, 0.1) is 5.82 Å². The van der Waals surface area contributed by atoms with Crippen molar-refractivity contribution < 1.29 is 13.9 Å². The minimum Gasteiger partial charge on any atom is -0.497 e. The second kappa shape index (κ2) is 11.8. The molecule has 29 heavy (non-hydrogen) atoms. The molecule has 0 saturated carbocycles. The average Bonchev–Trinajstić information content (AvgIpc) is 2.72. The smallest absolute Gasteiger partial charge is 0.124 e. The second-order valence-electron chi connectivity index (χ2n) is 6.44. The highest BCUT2D eigenvalue weighted by Gasteiger charge is 2.06. The Kier molecular flexibility index (Phi) is 9.45. The number of rotatable bonds is 9. The number of hydrogen-bond acceptors (Lipinski definition) is 3. The number of nitrogens with one attached hydrogen (secondary N) is 1. The van der Waals surface area contributed by atoms with Crippen LogP contribution in [-0.2, 0) is 19.6 Å². The summed E-state index contributed by atoms with van der Waals surface area (Å²) in [5.41, 5.74) is 3.27. The molecule has 0 aliphatic rings. The van der Waals surface area contributed by atoms with Gasteiger partial charge in [-0.05, 0) is 66.6 Å². The van der Waals surface area contributed by atoms with Crippen LogP contribution in [0.1, 0.15) is 16.7 Å². The van der Waals surface area contributed by atoms with Crippen LogP contribution in [-0.4, -0.2) is 13.7 Å². The molecular formula is C23H24BrClFNO2. The third-order valence-corrected chi connectivity index (χ3v) is 4.89. The molecule has 0 amide bonds. The second-order valence-corrected chi connectivity index (χ2v) is 7.36. The van der Waals surface area contributed by atoms with E-state index in [0.717, 1.165) is 40.1 Å². The van der Waals surface area contributed by atoms with Gasteiger partial charge in [0.25, 0.3) is 0 Å². The highest BCUT2D eigenvalue weighted by molar-refractivity contribution is 9.10. The molecule has 0 heterocycles. The number of ether oxygens (including phenoxy) is 2. The predicted molar refractivity (Wildman–Crippen MR) is 121 cm³/mol. The van der Waals surface area contributed by atoms with E-state index >= 15 is 0 Å². The summed E-state index contributed by atoms with van der Waals surface area (Å²) in [5, 5.41) is 3.47. The molecule has 0 fully saturated rings. The topological polar surface area (TPSA) is 30.5 Å². The summed E-state index contributed by atoms with van der Waals surface area (Å²) >= 11 is 3.52. The van der Waals surface area contributed by atoms with Crippen molar-refractivity contribution in [2.24, 2.45) is 0 Å². The Morgan fingerprint density at radius 3 is 2.31 bits per heavy atom. The number of hydrogen-bond donors (Lipinski definition) is 1. The van der Waals surface area contributed by atoms with Crippen molar-refractivity contribution in [1.82, 2.24) is 5.32 Å². The fraction of sp³-hybridized carbons (Fsp3) is 0.217. The maximum atomic E-state index is 13.0. The summed E-state index contributed by atoms with van der Waals surface area (Å²) in [5.74, 6) is 1.45. The van der Waals surface area contributed by atoms with Gasteiger partial charge in [-0.2, -0.15) is 0 Å². The van der Waals surface area contributed by atoms with Gasteiger partial charge in [-0.3, -0.25) is 0 Å². The molecule has 0 aromatic heterocycles. The number of halogens is 3. The molecule has 0 bridgehead atoms. The lowest BCUT2D eigenvalue weighted by Crippen LogP contribution is -2.17. The van der Waals surface area contributed by atoms with Crippen LogP contribution < -0.4 is 14.8 Å². The molecular weight excluding hydrogens is 457 g/mol. The molecule has 0 spiro atoms. The Labute approximate surface area is 185 Å². The standard InChI is InChI=1S/C23H23BrFNO2.ClH/c1-27-22-9-4-17(5-10-22)12-13-26-15-19-14-20(24)6-11-23(19)28-16-18-2-7-21(25)8-3-18;/h2-11,14,26H,12-13,15-16H2,1H3;1H. The van der Waals surface area contributed by atoms with E-state index in [1.54, 1.807) is 19.2 Å². The molecule has 0 aliphatic heterocycles. The Morgan fingerprint density at radius 1 is 0.931 bits per heavy atom. The van der Waals surface area contributed by atoms with Gasteiger partial charge in [-0.25, -0.2) is 4.39 Å². The lowest BCUT2D eigenvalue weighted by atomic mass is 10.1. The van der Waals surface area contributed by atoms with Crippen molar-refractivity contribution in [1.29, 1.82) is 0 Å². The first-order valence-corrected chi connectivity index (χ1v) is 9.92. The van der Waals surface area contributed by atoms with Gasteiger partial charge in [0.2, 0.25) is 0 Å². The Morgan fingerprint density at radius 2 is 1.62 bits per heavy atom. The molecule has 3 aromatic carbocycles. The first kappa shape index (κ1) is 23.2. The summed E-state index contributed by atoms with van der Waals surface area (Å²) in [6.45, 7) is 1.96.